The lowest BCUT2D eigenvalue weighted by Crippen LogP contribution is -2.08. The van der Waals surface area contributed by atoms with Gasteiger partial charge in [0.1, 0.15) is 45.7 Å². The summed E-state index contributed by atoms with van der Waals surface area (Å²) in [4.78, 5) is 7.85. The van der Waals surface area contributed by atoms with E-state index in [2.05, 4.69) is 9.97 Å². The fraction of sp³-hybridized carbons (Fsp3) is 0.154. The van der Waals surface area contributed by atoms with Crippen molar-refractivity contribution < 1.29 is 70.6 Å². The smallest absolute Gasteiger partial charge is 0.435 e. The second kappa shape index (κ2) is 20.9. The number of sulfone groups is 2. The first-order valence-corrected chi connectivity index (χ1v) is 25.6. The highest BCUT2D eigenvalue weighted by molar-refractivity contribution is 7.91. The maximum atomic E-state index is 13.8. The van der Waals surface area contributed by atoms with Gasteiger partial charge < -0.3 is 14.2 Å². The van der Waals surface area contributed by atoms with Crippen LogP contribution in [0, 0.1) is 0 Å². The van der Waals surface area contributed by atoms with Gasteiger partial charge in [-0.2, -0.15) is 39.5 Å². The van der Waals surface area contributed by atoms with Crippen LogP contribution in [0.25, 0.3) is 45.1 Å². The molecule has 0 radical (unpaired) electrons. The minimum Gasteiger partial charge on any atom is -0.496 e. The van der Waals surface area contributed by atoms with Crippen LogP contribution in [0.3, 0.4) is 0 Å². The number of hydrogen-bond acceptors (Lipinski definition) is 9. The Morgan fingerprint density at radius 2 is 0.905 bits per heavy atom. The van der Waals surface area contributed by atoms with Crippen LogP contribution in [0.4, 0.5) is 39.5 Å². The summed E-state index contributed by atoms with van der Waals surface area (Å²) < 4.78 is 189. The first kappa shape index (κ1) is 53.9. The Morgan fingerprint density at radius 3 is 1.34 bits per heavy atom. The molecule has 0 N–H and O–H groups in total. The molecule has 0 amide bonds. The summed E-state index contributed by atoms with van der Waals surface area (Å²) >= 11 is 0. The molecule has 0 bridgehead atoms. The molecule has 74 heavy (non-hydrogen) atoms. The average Bonchev–Trinajstić information content (AvgIpc) is 3.95. The number of alkyl halides is 9. The van der Waals surface area contributed by atoms with Crippen molar-refractivity contribution in [3.05, 3.63) is 175 Å². The molecule has 0 aliphatic carbocycles. The topological polar surface area (TPSA) is 131 Å². The first-order valence-electron chi connectivity index (χ1n) is 21.8. The van der Waals surface area contributed by atoms with Gasteiger partial charge in [-0.05, 0) is 121 Å². The van der Waals surface area contributed by atoms with E-state index < -0.39 is 66.4 Å². The lowest BCUT2D eigenvalue weighted by Gasteiger charge is -2.11. The quantitative estimate of drug-likeness (QED) is 0.123. The number of aromatic nitrogens is 4. The number of imidazole rings is 2. The second-order valence-electron chi connectivity index (χ2n) is 15.8. The zero-order valence-corrected chi connectivity index (χ0v) is 41.0. The molecule has 0 unspecified atom stereocenters. The summed E-state index contributed by atoms with van der Waals surface area (Å²) in [7, 11) is -5.40. The first-order chi connectivity index (χ1) is 34.8. The van der Waals surface area contributed by atoms with Gasteiger partial charge in [-0.1, -0.05) is 38.1 Å². The number of methoxy groups -OCH3 is 1. The number of pyridine rings is 2. The molecule has 4 aromatic heterocycles. The van der Waals surface area contributed by atoms with E-state index in [0.29, 0.717) is 45.8 Å². The molecule has 22 heteroatoms. The summed E-state index contributed by atoms with van der Waals surface area (Å²) in [6.45, 7) is 4.00. The Morgan fingerprint density at radius 1 is 0.473 bits per heavy atom. The highest BCUT2D eigenvalue weighted by Gasteiger charge is 2.41. The van der Waals surface area contributed by atoms with E-state index in [4.69, 9.17) is 14.2 Å². The van der Waals surface area contributed by atoms with Crippen LogP contribution in [-0.4, -0.2) is 55.2 Å². The number of nitrogens with zero attached hydrogens (tertiary/aromatic N) is 4. The molecule has 0 saturated heterocycles. The van der Waals surface area contributed by atoms with E-state index in [9.17, 15) is 56.3 Å². The summed E-state index contributed by atoms with van der Waals surface area (Å²) in [5.74, 6) is 1.57. The number of benzene rings is 5. The molecule has 0 atom stereocenters. The minimum atomic E-state index is -5.01. The fourth-order valence-electron chi connectivity index (χ4n) is 7.53. The van der Waals surface area contributed by atoms with E-state index >= 15 is 0 Å². The predicted octanol–water partition coefficient (Wildman–Crippen LogP) is 14.2. The van der Waals surface area contributed by atoms with Gasteiger partial charge in [0, 0.05) is 41.6 Å². The lowest BCUT2D eigenvalue weighted by atomic mass is 10.0. The number of rotatable bonds is 10. The third kappa shape index (κ3) is 11.8. The van der Waals surface area contributed by atoms with Gasteiger partial charge in [0.05, 0.1) is 39.4 Å². The van der Waals surface area contributed by atoms with E-state index in [0.717, 1.165) is 35.2 Å². The standard InChI is InChI=1S/C28H21F3N2O4S.C22H14F6N2O3S.C2H6/c1-36-24-11-4-3-9-22(24)25-26(33-16-6-10-23(27(33)32-25)28(29,30)31)18-12-14-19(15-13-18)37-20-7-5-8-21(17-20)38(2,34)35;1-34(31,32)16-5-2-4-15(12-16)33-14-9-7-13(8-10-14)18-19(22(26,27)28)29-20-17(21(23,24)25)6-3-11-30(18)20;1-2/h3-17H,1-2H3;2-12H,1H3;1-2H3. The van der Waals surface area contributed by atoms with E-state index in [-0.39, 0.29) is 32.5 Å². The molecule has 0 aliphatic heterocycles. The number of para-hydroxylation sites is 1. The van der Waals surface area contributed by atoms with E-state index in [1.807, 2.05) is 13.8 Å². The molecule has 4 heterocycles. The molecular weight excluding hydrogens is 1030 g/mol. The van der Waals surface area contributed by atoms with Crippen LogP contribution in [0.1, 0.15) is 30.7 Å². The number of halogens is 9. The molecule has 386 valence electrons. The van der Waals surface area contributed by atoms with Gasteiger partial charge in [0.25, 0.3) is 0 Å². The van der Waals surface area contributed by atoms with Gasteiger partial charge in [-0.15, -0.1) is 0 Å². The molecule has 11 nitrogen and oxygen atoms in total. The molecule has 0 spiro atoms. The summed E-state index contributed by atoms with van der Waals surface area (Å²) in [5.41, 5.74) is -3.39. The van der Waals surface area contributed by atoms with Gasteiger partial charge in [0.15, 0.2) is 25.4 Å². The molecule has 9 aromatic rings. The van der Waals surface area contributed by atoms with Crippen LogP contribution >= 0.6 is 0 Å². The van der Waals surface area contributed by atoms with Gasteiger partial charge >= 0.3 is 18.5 Å². The molecule has 0 aliphatic rings. The predicted molar refractivity (Wildman–Crippen MR) is 259 cm³/mol. The average molecular weight is 1070 g/mol. The van der Waals surface area contributed by atoms with Gasteiger partial charge in [-0.3, -0.25) is 8.80 Å². The van der Waals surface area contributed by atoms with Crippen LogP contribution in [0.5, 0.6) is 28.7 Å². The van der Waals surface area contributed by atoms with Crippen molar-refractivity contribution in [2.75, 3.05) is 19.6 Å². The Kier molecular flexibility index (Phi) is 15.3. The third-order valence-corrected chi connectivity index (χ3v) is 13.0. The van der Waals surface area contributed by atoms with Crippen LogP contribution in [-0.2, 0) is 38.2 Å². The van der Waals surface area contributed by atoms with E-state index in [1.165, 1.54) is 84.4 Å². The minimum absolute atomic E-state index is 0.0163. The normalized spacial score (nSPS) is 12.1. The molecule has 5 aromatic carbocycles. The van der Waals surface area contributed by atoms with Crippen LogP contribution in [0.2, 0.25) is 0 Å². The Bertz CT molecular complexity index is 3710. The van der Waals surface area contributed by atoms with Crippen molar-refractivity contribution in [2.24, 2.45) is 0 Å². The monoisotopic (exact) mass is 1070 g/mol. The summed E-state index contributed by atoms with van der Waals surface area (Å²) in [6.07, 6.45) is -9.76. The third-order valence-electron chi connectivity index (χ3n) is 10.7. The fourth-order valence-corrected chi connectivity index (χ4v) is 8.84. The van der Waals surface area contributed by atoms with Gasteiger partial charge in [-0.25, -0.2) is 26.8 Å². The molecular formula is C52H41F9N4O7S2. The molecule has 9 rings (SSSR count). The zero-order valence-electron chi connectivity index (χ0n) is 39.4. The van der Waals surface area contributed by atoms with Crippen LogP contribution < -0.4 is 14.2 Å². The Balaban J connectivity index is 0.000000211. The maximum absolute atomic E-state index is 13.8. The summed E-state index contributed by atoms with van der Waals surface area (Å²) in [5, 5.41) is 0. The maximum Gasteiger partial charge on any atom is 0.435 e. The Hall–Kier alpha value is -7.85. The van der Waals surface area contributed by atoms with Crippen molar-refractivity contribution >= 4 is 31.0 Å². The van der Waals surface area contributed by atoms with Crippen molar-refractivity contribution in [1.29, 1.82) is 0 Å². The van der Waals surface area contributed by atoms with Crippen molar-refractivity contribution in [1.82, 2.24) is 18.8 Å². The lowest BCUT2D eigenvalue weighted by molar-refractivity contribution is -0.141. The molecule has 0 fully saturated rings. The van der Waals surface area contributed by atoms with Crippen molar-refractivity contribution in [2.45, 2.75) is 42.2 Å². The largest absolute Gasteiger partial charge is 0.496 e. The van der Waals surface area contributed by atoms with Crippen molar-refractivity contribution in [3.8, 4) is 62.5 Å². The summed E-state index contributed by atoms with van der Waals surface area (Å²) in [6, 6.07) is 34.5. The van der Waals surface area contributed by atoms with Gasteiger partial charge in [0.2, 0.25) is 0 Å². The Labute approximate surface area is 417 Å². The SMILES string of the molecule is CC.COc1ccccc1-c1nc2c(C(F)(F)F)cccn2c1-c1ccc(Oc2cccc(S(C)(=O)=O)c2)cc1.CS(=O)(=O)c1cccc(Oc2ccc(-c3c(C(F)(F)F)nc4c(C(F)(F)F)cccn34)cc2)c1. The highest BCUT2D eigenvalue weighted by Crippen LogP contribution is 2.43. The van der Waals surface area contributed by atoms with Crippen molar-refractivity contribution in [3.63, 3.8) is 0 Å². The van der Waals surface area contributed by atoms with Crippen LogP contribution in [0.15, 0.2) is 168 Å². The highest BCUT2D eigenvalue weighted by atomic mass is 32.2. The number of fused-ring (bicyclic) bond motifs is 2. The second-order valence-corrected chi connectivity index (χ2v) is 19.8. The number of ether oxygens (including phenoxy) is 3. The number of hydrogen-bond donors (Lipinski definition) is 0. The molecule has 0 saturated carbocycles. The zero-order chi connectivity index (χ0) is 54.0. The van der Waals surface area contributed by atoms with E-state index in [1.54, 1.807) is 60.7 Å².